The molecule has 0 spiro atoms. The molecule has 208 valence electrons. The highest BCUT2D eigenvalue weighted by Gasteiger charge is 2.17. The average molecular weight is 570 g/mol. The maximum atomic E-state index is 10.6. The molecule has 0 aliphatic heterocycles. The van der Waals surface area contributed by atoms with Gasteiger partial charge in [0.05, 0.1) is 9.79 Å². The van der Waals surface area contributed by atoms with E-state index in [2.05, 4.69) is 11.5 Å². The van der Waals surface area contributed by atoms with Gasteiger partial charge in [-0.2, -0.15) is 16.8 Å². The van der Waals surface area contributed by atoms with E-state index in [1.807, 2.05) is 13.8 Å². The van der Waals surface area contributed by atoms with Crippen LogP contribution in [0.5, 0.6) is 11.5 Å². The van der Waals surface area contributed by atoms with Crippen molar-refractivity contribution in [1.29, 1.82) is 5.41 Å². The lowest BCUT2D eigenvalue weighted by atomic mass is 10.2. The van der Waals surface area contributed by atoms with Crippen LogP contribution in [0.25, 0.3) is 0 Å². The number of hydrogen-bond acceptors (Lipinski definition) is 10. The number of hydrogen-bond donors (Lipinski definition) is 10. The van der Waals surface area contributed by atoms with Gasteiger partial charge in [0.1, 0.15) is 22.6 Å². The van der Waals surface area contributed by atoms with Crippen LogP contribution in [0.2, 0.25) is 0 Å². The number of carbonyl (C=O) groups is 2. The van der Waals surface area contributed by atoms with Gasteiger partial charge >= 0.3 is 11.9 Å². The highest BCUT2D eigenvalue weighted by molar-refractivity contribution is 7.86. The molecule has 0 aliphatic carbocycles. The molecule has 0 aliphatic rings. The lowest BCUT2D eigenvalue weighted by Crippen LogP contribution is -2.20. The summed E-state index contributed by atoms with van der Waals surface area (Å²) in [6.45, 7) is 4.25. The van der Waals surface area contributed by atoms with E-state index in [1.54, 1.807) is 0 Å². The third kappa shape index (κ3) is 14.9. The third-order valence-corrected chi connectivity index (χ3v) is 5.06. The number of aromatic hydroxyl groups is 2. The topological polar surface area (TPSA) is 320 Å². The summed E-state index contributed by atoms with van der Waals surface area (Å²) in [5.74, 6) is -3.98. The number of carboxylic acid groups (broad SMARTS) is 2. The van der Waals surface area contributed by atoms with Crippen LogP contribution < -0.4 is 11.5 Å². The Bertz CT molecular complexity index is 1210. The number of phenols is 2. The predicted molar refractivity (Wildman–Crippen MR) is 128 cm³/mol. The van der Waals surface area contributed by atoms with Crippen molar-refractivity contribution in [3.8, 4) is 11.5 Å². The molecule has 0 unspecified atom stereocenters. The number of benzene rings is 2. The zero-order valence-corrected chi connectivity index (χ0v) is 20.9. The van der Waals surface area contributed by atoms with E-state index < -0.39 is 64.6 Å². The second-order valence-electron chi connectivity index (χ2n) is 6.95. The van der Waals surface area contributed by atoms with Crippen LogP contribution in [0.1, 0.15) is 34.6 Å². The van der Waals surface area contributed by atoms with Gasteiger partial charge in [0, 0.05) is 6.61 Å². The number of nitrogens with one attached hydrogen (secondary N) is 1. The SMILES string of the molecule is CC(C)CO.N=C(N)N.O=C(O)c1cc(S(=O)(=O)O)ccc1O.O=C(O)c1cc(S(=O)(=O)O)ccc1O. The predicted octanol–water partition coefficient (Wildman–Crippen LogP) is 0.147. The van der Waals surface area contributed by atoms with Crippen LogP contribution in [0.3, 0.4) is 0 Å². The fourth-order valence-corrected chi connectivity index (χ4v) is 2.71. The van der Waals surface area contributed by atoms with Gasteiger partial charge in [0.2, 0.25) is 0 Å². The van der Waals surface area contributed by atoms with Crippen LogP contribution in [-0.2, 0) is 20.2 Å². The normalized spacial score (nSPS) is 10.4. The van der Waals surface area contributed by atoms with Crippen molar-refractivity contribution < 1.29 is 61.1 Å². The number of nitrogens with two attached hydrogens (primary N) is 2. The number of aliphatic hydroxyl groups is 1. The number of aliphatic hydroxyl groups excluding tert-OH is 1. The first kappa shape index (κ1) is 35.2. The standard InChI is InChI=1S/2C7H6O6S.C4H10O.CH5N3/c2*8-6-2-1-4(14(11,12)13)3-5(6)7(9)10;1-4(2)3-5;2-1(3)4/h2*1-3,8H,(H,9,10)(H,11,12,13);4-5H,3H2,1-2H3;(H5,2,3,4). The zero-order valence-electron chi connectivity index (χ0n) is 19.3. The number of guanidine groups is 1. The molecule has 37 heavy (non-hydrogen) atoms. The monoisotopic (exact) mass is 569 g/mol. The summed E-state index contributed by atoms with van der Waals surface area (Å²) in [6.07, 6.45) is 0. The van der Waals surface area contributed by atoms with Crippen molar-refractivity contribution in [3.63, 3.8) is 0 Å². The van der Waals surface area contributed by atoms with Gasteiger partial charge in [0.15, 0.2) is 5.96 Å². The minimum atomic E-state index is -4.45. The van der Waals surface area contributed by atoms with Gasteiger partial charge in [0.25, 0.3) is 20.2 Å². The molecule has 2 aromatic rings. The molecule has 0 radical (unpaired) electrons. The lowest BCUT2D eigenvalue weighted by molar-refractivity contribution is 0.0682. The van der Waals surface area contributed by atoms with Crippen molar-refractivity contribution in [2.45, 2.75) is 23.6 Å². The van der Waals surface area contributed by atoms with E-state index in [9.17, 15) is 26.4 Å². The van der Waals surface area contributed by atoms with Gasteiger partial charge in [-0.15, -0.1) is 0 Å². The van der Waals surface area contributed by atoms with Crippen LogP contribution in [0.4, 0.5) is 0 Å². The highest BCUT2D eigenvalue weighted by atomic mass is 32.2. The molecule has 0 amide bonds. The summed E-state index contributed by atoms with van der Waals surface area (Å²) in [7, 11) is -8.90. The number of carboxylic acids is 2. The first-order valence-electron chi connectivity index (χ1n) is 9.43. The van der Waals surface area contributed by atoms with E-state index in [0.29, 0.717) is 24.7 Å². The third-order valence-electron chi connectivity index (χ3n) is 3.36. The fourth-order valence-electron chi connectivity index (χ4n) is 1.69. The molecule has 12 N–H and O–H groups in total. The molecule has 16 nitrogen and oxygen atoms in total. The van der Waals surface area contributed by atoms with E-state index in [4.69, 9.17) is 40.0 Å². The van der Waals surface area contributed by atoms with Crippen molar-refractivity contribution in [2.24, 2.45) is 17.4 Å². The Hall–Kier alpha value is -3.97. The second kappa shape index (κ2) is 15.2. The summed E-state index contributed by atoms with van der Waals surface area (Å²) in [5, 5.41) is 49.3. The van der Waals surface area contributed by atoms with Gasteiger partial charge in [-0.25, -0.2) is 9.59 Å². The Labute approximate surface area is 211 Å². The van der Waals surface area contributed by atoms with E-state index in [0.717, 1.165) is 24.3 Å². The largest absolute Gasteiger partial charge is 0.507 e. The first-order chi connectivity index (χ1) is 16.6. The summed E-state index contributed by atoms with van der Waals surface area (Å²) >= 11 is 0. The van der Waals surface area contributed by atoms with E-state index in [-0.39, 0.29) is 5.96 Å². The smallest absolute Gasteiger partial charge is 0.339 e. The van der Waals surface area contributed by atoms with Crippen molar-refractivity contribution in [3.05, 3.63) is 47.5 Å². The Balaban J connectivity index is 0. The molecule has 18 heteroatoms. The van der Waals surface area contributed by atoms with Crippen molar-refractivity contribution >= 4 is 38.1 Å². The molecule has 0 aromatic heterocycles. The molecule has 2 aromatic carbocycles. The van der Waals surface area contributed by atoms with Crippen LogP contribution >= 0.6 is 0 Å². The average Bonchev–Trinajstić information content (AvgIpc) is 2.72. The molecule has 0 atom stereocenters. The van der Waals surface area contributed by atoms with Gasteiger partial charge in [-0.1, -0.05) is 13.8 Å². The quantitative estimate of drug-likeness (QED) is 0.130. The minimum absolute atomic E-state index is 0.306. The minimum Gasteiger partial charge on any atom is -0.507 e. The Morgan fingerprint density at radius 1 is 0.811 bits per heavy atom. The Morgan fingerprint density at radius 2 is 1.05 bits per heavy atom. The van der Waals surface area contributed by atoms with E-state index >= 15 is 0 Å². The van der Waals surface area contributed by atoms with Crippen LogP contribution in [0.15, 0.2) is 46.2 Å². The first-order valence-corrected chi connectivity index (χ1v) is 12.3. The molecular weight excluding hydrogens is 542 g/mol. The summed E-state index contributed by atoms with van der Waals surface area (Å²) in [4.78, 5) is 19.8. The van der Waals surface area contributed by atoms with Crippen LogP contribution in [0, 0.1) is 11.3 Å². The number of rotatable bonds is 5. The zero-order chi connectivity index (χ0) is 29.7. The van der Waals surface area contributed by atoms with Gasteiger partial charge in [-0.3, -0.25) is 14.5 Å². The highest BCUT2D eigenvalue weighted by Crippen LogP contribution is 2.21. The van der Waals surface area contributed by atoms with Gasteiger partial charge in [-0.05, 0) is 42.3 Å². The molecule has 0 fully saturated rings. The van der Waals surface area contributed by atoms with Gasteiger partial charge < -0.3 is 37.0 Å². The molecule has 2 rings (SSSR count). The lowest BCUT2D eigenvalue weighted by Gasteiger charge is -2.01. The van der Waals surface area contributed by atoms with Crippen molar-refractivity contribution in [2.75, 3.05) is 6.61 Å². The number of aromatic carboxylic acids is 2. The Kier molecular flexibility index (Phi) is 14.5. The molecule has 0 saturated heterocycles. The second-order valence-corrected chi connectivity index (χ2v) is 9.79. The fraction of sp³-hybridized carbons (Fsp3) is 0.211. The maximum absolute atomic E-state index is 10.6. The summed E-state index contributed by atoms with van der Waals surface area (Å²) < 4.78 is 59.6. The molecule has 0 heterocycles. The molecular formula is C19H27N3O13S2. The maximum Gasteiger partial charge on any atom is 0.339 e. The Morgan fingerprint density at radius 3 is 1.22 bits per heavy atom. The summed E-state index contributed by atoms with van der Waals surface area (Å²) in [5.41, 5.74) is 7.78. The summed E-state index contributed by atoms with van der Waals surface area (Å²) in [6, 6.07) is 4.91. The molecule has 0 saturated carbocycles. The van der Waals surface area contributed by atoms with E-state index in [1.165, 1.54) is 0 Å². The van der Waals surface area contributed by atoms with Crippen molar-refractivity contribution in [1.82, 2.24) is 0 Å². The van der Waals surface area contributed by atoms with Crippen LogP contribution in [-0.4, -0.2) is 76.0 Å². The molecule has 0 bridgehead atoms.